The van der Waals surface area contributed by atoms with Crippen LogP contribution < -0.4 is 5.73 Å². The van der Waals surface area contributed by atoms with Gasteiger partial charge in [-0.25, -0.2) is 8.78 Å². The van der Waals surface area contributed by atoms with Crippen LogP contribution in [0.3, 0.4) is 0 Å². The number of amides is 1. The molecule has 2 N–H and O–H groups in total. The van der Waals surface area contributed by atoms with Crippen LogP contribution in [0.25, 0.3) is 0 Å². The predicted molar refractivity (Wildman–Crippen MR) is 128 cm³/mol. The van der Waals surface area contributed by atoms with Crippen LogP contribution in [0.2, 0.25) is 0 Å². The molecule has 3 rings (SSSR count). The van der Waals surface area contributed by atoms with Gasteiger partial charge in [0.1, 0.15) is 11.6 Å². The second-order valence-electron chi connectivity index (χ2n) is 8.42. The van der Waals surface area contributed by atoms with Crippen molar-refractivity contribution in [1.29, 1.82) is 0 Å². The van der Waals surface area contributed by atoms with Crippen LogP contribution in [0, 0.1) is 11.6 Å². The highest BCUT2D eigenvalue weighted by molar-refractivity contribution is 7.94. The maximum Gasteiger partial charge on any atom is 0.227 e. The Labute approximate surface area is 199 Å². The Morgan fingerprint density at radius 3 is 2.39 bits per heavy atom. The lowest BCUT2D eigenvalue weighted by Crippen LogP contribution is -2.48. The van der Waals surface area contributed by atoms with Gasteiger partial charge < -0.3 is 19.7 Å². The van der Waals surface area contributed by atoms with E-state index in [1.165, 1.54) is 24.2 Å². The molecule has 1 fully saturated rings. The van der Waals surface area contributed by atoms with Gasteiger partial charge in [-0.15, -0.1) is 0 Å². The Bertz CT molecular complexity index is 885. The van der Waals surface area contributed by atoms with Gasteiger partial charge in [0.15, 0.2) is 0 Å². The Morgan fingerprint density at radius 2 is 1.82 bits per heavy atom. The van der Waals surface area contributed by atoms with Gasteiger partial charge in [-0.3, -0.25) is 4.79 Å². The molecule has 2 aromatic rings. The molecule has 1 atom stereocenters. The number of hydrogen-bond acceptors (Lipinski definition) is 5. The summed E-state index contributed by atoms with van der Waals surface area (Å²) in [4.78, 5) is 18.3. The molecule has 0 aliphatic carbocycles. The van der Waals surface area contributed by atoms with Gasteiger partial charge in [0, 0.05) is 54.7 Å². The van der Waals surface area contributed by atoms with E-state index < -0.39 is 17.7 Å². The lowest BCUT2D eigenvalue weighted by atomic mass is 10.00. The summed E-state index contributed by atoms with van der Waals surface area (Å²) in [5, 5.41) is 0. The monoisotopic (exact) mass is 477 g/mol. The van der Waals surface area contributed by atoms with Crippen molar-refractivity contribution in [3.63, 3.8) is 0 Å². The molecule has 5 nitrogen and oxygen atoms in total. The van der Waals surface area contributed by atoms with Gasteiger partial charge in [-0.05, 0) is 68.1 Å². The van der Waals surface area contributed by atoms with Gasteiger partial charge in [0.05, 0.1) is 13.5 Å². The van der Waals surface area contributed by atoms with Crippen molar-refractivity contribution in [2.24, 2.45) is 5.73 Å². The third-order valence-corrected chi connectivity index (χ3v) is 6.82. The number of likely N-dealkylation sites (N-methyl/N-ethyl adjacent to an activating group) is 1. The standard InChI is InChI=1S/C25H33F2N3O2S/c1-3-30(25(31)14-18-4-6-23(7-5-18)33-32-2)22-8-11-29(12-9-22)13-10-24(28)19-15-20(26)17-21(27)16-19/h4-7,15-17,22,24H,3,8-14,28H2,1-2H3. The number of hydrogen-bond donors (Lipinski definition) is 1. The Hall–Kier alpha value is -2.00. The van der Waals surface area contributed by atoms with Crippen LogP contribution in [0.5, 0.6) is 0 Å². The summed E-state index contributed by atoms with van der Waals surface area (Å²) >= 11 is 1.30. The van der Waals surface area contributed by atoms with E-state index in [1.54, 1.807) is 7.11 Å². The first-order valence-corrected chi connectivity index (χ1v) is 12.2. The van der Waals surface area contributed by atoms with Gasteiger partial charge in [0.2, 0.25) is 5.91 Å². The minimum Gasteiger partial charge on any atom is -0.340 e. The summed E-state index contributed by atoms with van der Waals surface area (Å²) in [6.45, 7) is 5.23. The van der Waals surface area contributed by atoms with E-state index in [2.05, 4.69) is 4.90 Å². The average molecular weight is 478 g/mol. The largest absolute Gasteiger partial charge is 0.340 e. The molecule has 180 valence electrons. The highest BCUT2D eigenvalue weighted by Crippen LogP contribution is 2.22. The first-order chi connectivity index (χ1) is 15.9. The molecule has 0 saturated carbocycles. The number of piperidine rings is 1. The molecule has 0 spiro atoms. The van der Waals surface area contributed by atoms with E-state index in [-0.39, 0.29) is 11.9 Å². The normalized spacial score (nSPS) is 16.0. The van der Waals surface area contributed by atoms with Gasteiger partial charge >= 0.3 is 0 Å². The Balaban J connectivity index is 1.46. The molecule has 1 amide bonds. The molecule has 0 aromatic heterocycles. The summed E-state index contributed by atoms with van der Waals surface area (Å²) in [7, 11) is 1.63. The molecule has 2 aromatic carbocycles. The summed E-state index contributed by atoms with van der Waals surface area (Å²) in [5.74, 6) is -1.05. The third-order valence-electron chi connectivity index (χ3n) is 6.19. The van der Waals surface area contributed by atoms with Crippen LogP contribution >= 0.6 is 12.0 Å². The number of halogens is 2. The Morgan fingerprint density at radius 1 is 1.18 bits per heavy atom. The molecule has 1 aliphatic rings. The van der Waals surface area contributed by atoms with Crippen LogP contribution in [-0.2, 0) is 15.4 Å². The predicted octanol–water partition coefficient (Wildman–Crippen LogP) is 4.56. The highest BCUT2D eigenvalue weighted by Gasteiger charge is 2.27. The van der Waals surface area contributed by atoms with Crippen molar-refractivity contribution >= 4 is 17.9 Å². The fourth-order valence-electron chi connectivity index (χ4n) is 4.41. The number of nitrogens with two attached hydrogens (primary N) is 1. The molecule has 1 saturated heterocycles. The quantitative estimate of drug-likeness (QED) is 0.508. The van der Waals surface area contributed by atoms with E-state index >= 15 is 0 Å². The number of nitrogens with zero attached hydrogens (tertiary/aromatic N) is 2. The molecule has 33 heavy (non-hydrogen) atoms. The maximum atomic E-state index is 13.4. The molecular weight excluding hydrogens is 444 g/mol. The number of carbonyl (C=O) groups excluding carboxylic acids is 1. The number of rotatable bonds is 10. The lowest BCUT2D eigenvalue weighted by molar-refractivity contribution is -0.133. The molecule has 1 heterocycles. The van der Waals surface area contributed by atoms with E-state index in [0.29, 0.717) is 24.9 Å². The zero-order chi connectivity index (χ0) is 23.8. The van der Waals surface area contributed by atoms with Gasteiger partial charge in [-0.2, -0.15) is 0 Å². The zero-order valence-corrected chi connectivity index (χ0v) is 20.1. The summed E-state index contributed by atoms with van der Waals surface area (Å²) < 4.78 is 31.9. The van der Waals surface area contributed by atoms with Gasteiger partial charge in [-0.1, -0.05) is 12.1 Å². The number of carbonyl (C=O) groups is 1. The number of likely N-dealkylation sites (tertiary alicyclic amines) is 1. The van der Waals surface area contributed by atoms with E-state index in [1.807, 2.05) is 36.1 Å². The van der Waals surface area contributed by atoms with Crippen molar-refractivity contribution in [1.82, 2.24) is 9.80 Å². The maximum absolute atomic E-state index is 13.4. The van der Waals surface area contributed by atoms with E-state index in [4.69, 9.17) is 9.92 Å². The topological polar surface area (TPSA) is 58.8 Å². The molecule has 0 radical (unpaired) electrons. The molecule has 1 unspecified atom stereocenters. The second-order valence-corrected chi connectivity index (χ2v) is 9.39. The lowest BCUT2D eigenvalue weighted by Gasteiger charge is -2.38. The average Bonchev–Trinajstić information content (AvgIpc) is 2.79. The van der Waals surface area contributed by atoms with Crippen molar-refractivity contribution in [3.05, 3.63) is 65.2 Å². The third kappa shape index (κ3) is 7.50. The summed E-state index contributed by atoms with van der Waals surface area (Å²) in [6.07, 6.45) is 2.84. The van der Waals surface area contributed by atoms with Crippen LogP contribution in [0.4, 0.5) is 8.78 Å². The van der Waals surface area contributed by atoms with Crippen LogP contribution in [-0.4, -0.2) is 55.0 Å². The first-order valence-electron chi connectivity index (χ1n) is 11.4. The van der Waals surface area contributed by atoms with Crippen molar-refractivity contribution < 1.29 is 17.8 Å². The van der Waals surface area contributed by atoms with E-state index in [9.17, 15) is 13.6 Å². The summed E-state index contributed by atoms with van der Waals surface area (Å²) in [5.41, 5.74) is 7.65. The van der Waals surface area contributed by atoms with Crippen molar-refractivity contribution in [2.75, 3.05) is 33.3 Å². The summed E-state index contributed by atoms with van der Waals surface area (Å²) in [6, 6.07) is 11.2. The SMILES string of the molecule is CCN(C(=O)Cc1ccc(SOC)cc1)C1CCN(CCC(N)c2cc(F)cc(F)c2)CC1. The van der Waals surface area contributed by atoms with Crippen LogP contribution in [0.1, 0.15) is 43.4 Å². The Kier molecular flexibility index (Phi) is 9.67. The van der Waals surface area contributed by atoms with E-state index in [0.717, 1.165) is 49.0 Å². The minimum atomic E-state index is -0.601. The smallest absolute Gasteiger partial charge is 0.227 e. The van der Waals surface area contributed by atoms with Crippen molar-refractivity contribution in [3.8, 4) is 0 Å². The molecule has 8 heteroatoms. The molecule has 1 aliphatic heterocycles. The first kappa shape index (κ1) is 25.6. The van der Waals surface area contributed by atoms with Gasteiger partial charge in [0.25, 0.3) is 0 Å². The number of benzene rings is 2. The zero-order valence-electron chi connectivity index (χ0n) is 19.3. The minimum absolute atomic E-state index is 0.151. The fourth-order valence-corrected chi connectivity index (χ4v) is 4.85. The molecule has 0 bridgehead atoms. The van der Waals surface area contributed by atoms with Crippen LogP contribution in [0.15, 0.2) is 47.4 Å². The van der Waals surface area contributed by atoms with Crippen molar-refractivity contribution in [2.45, 2.75) is 49.6 Å². The second kappa shape index (κ2) is 12.5. The molecular formula is C25H33F2N3O2S. The fraction of sp³-hybridized carbons (Fsp3) is 0.480. The highest BCUT2D eigenvalue weighted by atomic mass is 32.2.